The van der Waals surface area contributed by atoms with Crippen molar-refractivity contribution in [2.24, 2.45) is 0 Å². The van der Waals surface area contributed by atoms with Gasteiger partial charge in [-0.2, -0.15) is 0 Å². The van der Waals surface area contributed by atoms with Crippen LogP contribution in [0.5, 0.6) is 5.75 Å². The minimum atomic E-state index is -0.949. The van der Waals surface area contributed by atoms with Gasteiger partial charge in [-0.1, -0.05) is 0 Å². The number of hydrogen-bond donors (Lipinski definition) is 1. The summed E-state index contributed by atoms with van der Waals surface area (Å²) in [5.74, 6) is 0.121. The molecule has 0 amide bonds. The summed E-state index contributed by atoms with van der Waals surface area (Å²) in [5, 5.41) is 9.32. The minimum absolute atomic E-state index is 0.0295. The standard InChI is InChI=1S/C17H12O3Te/c1-10-15(19)13-4-2-3-5-14(13)16(20)17(10)21-12-8-6-11(18)7-9-12/h2-9,18H,1H3. The van der Waals surface area contributed by atoms with E-state index < -0.39 is 20.9 Å². The van der Waals surface area contributed by atoms with Gasteiger partial charge < -0.3 is 0 Å². The zero-order valence-electron chi connectivity index (χ0n) is 11.3. The molecule has 0 saturated heterocycles. The Bertz CT molecular complexity index is 773. The summed E-state index contributed by atoms with van der Waals surface area (Å²) in [6, 6.07) is 13.8. The van der Waals surface area contributed by atoms with Crippen LogP contribution < -0.4 is 3.61 Å². The van der Waals surface area contributed by atoms with Gasteiger partial charge in [0, 0.05) is 0 Å². The predicted molar refractivity (Wildman–Crippen MR) is 81.3 cm³/mol. The van der Waals surface area contributed by atoms with Gasteiger partial charge in [-0.15, -0.1) is 0 Å². The van der Waals surface area contributed by atoms with Crippen LogP contribution in [-0.2, 0) is 0 Å². The molecule has 0 fully saturated rings. The molecular formula is C17H12O3Te. The molecule has 1 aliphatic rings. The molecule has 3 nitrogen and oxygen atoms in total. The molecule has 0 radical (unpaired) electrons. The monoisotopic (exact) mass is 394 g/mol. The van der Waals surface area contributed by atoms with E-state index in [1.807, 2.05) is 12.1 Å². The molecule has 21 heavy (non-hydrogen) atoms. The second-order valence-corrected chi connectivity index (χ2v) is 7.85. The normalized spacial score (nSPS) is 14.3. The number of aromatic hydroxyl groups is 1. The van der Waals surface area contributed by atoms with Crippen LogP contribution in [0.25, 0.3) is 0 Å². The van der Waals surface area contributed by atoms with Crippen molar-refractivity contribution < 1.29 is 14.7 Å². The van der Waals surface area contributed by atoms with E-state index in [0.29, 0.717) is 20.3 Å². The van der Waals surface area contributed by atoms with Gasteiger partial charge in [0.25, 0.3) is 0 Å². The molecular weight excluding hydrogens is 380 g/mol. The molecule has 1 N–H and O–H groups in total. The first-order valence-electron chi connectivity index (χ1n) is 6.44. The van der Waals surface area contributed by atoms with Crippen LogP contribution in [0, 0.1) is 0 Å². The van der Waals surface area contributed by atoms with Crippen LogP contribution in [0.2, 0.25) is 0 Å². The molecule has 0 spiro atoms. The fraction of sp³-hybridized carbons (Fsp3) is 0.0588. The van der Waals surface area contributed by atoms with Gasteiger partial charge >= 0.3 is 132 Å². The van der Waals surface area contributed by atoms with Crippen molar-refractivity contribution in [3.63, 3.8) is 0 Å². The third kappa shape index (κ3) is 2.53. The van der Waals surface area contributed by atoms with Gasteiger partial charge in [0.1, 0.15) is 0 Å². The van der Waals surface area contributed by atoms with E-state index in [1.165, 1.54) is 0 Å². The van der Waals surface area contributed by atoms with Gasteiger partial charge in [-0.25, -0.2) is 0 Å². The van der Waals surface area contributed by atoms with Crippen LogP contribution in [0.4, 0.5) is 0 Å². The summed E-state index contributed by atoms with van der Waals surface area (Å²) in [7, 11) is 0. The third-order valence-electron chi connectivity index (χ3n) is 3.36. The van der Waals surface area contributed by atoms with Gasteiger partial charge in [-0.05, 0) is 0 Å². The van der Waals surface area contributed by atoms with Crippen LogP contribution in [0.3, 0.4) is 0 Å². The summed E-state index contributed by atoms with van der Waals surface area (Å²) in [5.41, 5.74) is 1.57. The van der Waals surface area contributed by atoms with Crippen molar-refractivity contribution in [3.05, 3.63) is 68.9 Å². The average molecular weight is 392 g/mol. The molecule has 0 atom stereocenters. The van der Waals surface area contributed by atoms with Crippen molar-refractivity contribution in [2.45, 2.75) is 6.92 Å². The Morgan fingerprint density at radius 3 is 2.05 bits per heavy atom. The van der Waals surface area contributed by atoms with Gasteiger partial charge in [0.2, 0.25) is 0 Å². The molecule has 0 bridgehead atoms. The number of hydrogen-bond acceptors (Lipinski definition) is 3. The summed E-state index contributed by atoms with van der Waals surface area (Å²) >= 11 is -0.949. The molecule has 2 aromatic rings. The summed E-state index contributed by atoms with van der Waals surface area (Å²) in [4.78, 5) is 25.0. The number of Topliss-reactive ketones (excluding diaryl/α,β-unsaturated/α-hetero) is 2. The number of carbonyl (C=O) groups is 2. The number of ketones is 2. The molecule has 3 rings (SSSR count). The molecule has 0 heterocycles. The van der Waals surface area contributed by atoms with Gasteiger partial charge in [0.05, 0.1) is 0 Å². The van der Waals surface area contributed by atoms with E-state index >= 15 is 0 Å². The first kappa shape index (κ1) is 14.1. The van der Waals surface area contributed by atoms with Gasteiger partial charge in [0.15, 0.2) is 0 Å². The van der Waals surface area contributed by atoms with E-state index in [-0.39, 0.29) is 17.3 Å². The summed E-state index contributed by atoms with van der Waals surface area (Å²) in [6.07, 6.45) is 0. The van der Waals surface area contributed by atoms with Gasteiger partial charge in [-0.3, -0.25) is 0 Å². The third-order valence-corrected chi connectivity index (χ3v) is 6.80. The number of phenolic OH excluding ortho intramolecular Hbond substituents is 1. The molecule has 1 aliphatic carbocycles. The van der Waals surface area contributed by atoms with E-state index in [1.54, 1.807) is 43.3 Å². The molecule has 0 aromatic heterocycles. The number of carbonyl (C=O) groups excluding carboxylic acids is 2. The summed E-state index contributed by atoms with van der Waals surface area (Å²) in [6.45, 7) is 1.73. The quantitative estimate of drug-likeness (QED) is 0.797. The number of allylic oxidation sites excluding steroid dienone is 2. The Kier molecular flexibility index (Phi) is 3.67. The fourth-order valence-electron chi connectivity index (χ4n) is 2.23. The molecule has 0 saturated carbocycles. The Hall–Kier alpha value is -1.89. The van der Waals surface area contributed by atoms with E-state index in [4.69, 9.17) is 0 Å². The fourth-order valence-corrected chi connectivity index (χ4v) is 4.96. The van der Waals surface area contributed by atoms with Crippen molar-refractivity contribution in [1.29, 1.82) is 0 Å². The molecule has 104 valence electrons. The maximum atomic E-state index is 12.6. The van der Waals surface area contributed by atoms with Crippen LogP contribution in [0.15, 0.2) is 57.7 Å². The zero-order valence-corrected chi connectivity index (χ0v) is 13.6. The first-order valence-corrected chi connectivity index (χ1v) is 8.77. The molecule has 2 aromatic carbocycles. The van der Waals surface area contributed by atoms with Crippen molar-refractivity contribution in [3.8, 4) is 5.75 Å². The maximum absolute atomic E-state index is 12.6. The number of rotatable bonds is 2. The average Bonchev–Trinajstić information content (AvgIpc) is 2.51. The van der Waals surface area contributed by atoms with Crippen LogP contribution in [-0.4, -0.2) is 37.6 Å². The number of fused-ring (bicyclic) bond motifs is 1. The van der Waals surface area contributed by atoms with E-state index in [0.717, 1.165) is 3.61 Å². The zero-order chi connectivity index (χ0) is 15.0. The topological polar surface area (TPSA) is 54.4 Å². The van der Waals surface area contributed by atoms with Crippen molar-refractivity contribution in [2.75, 3.05) is 0 Å². The SMILES string of the molecule is CC1=C([Te]c2ccc(O)cc2)C(=O)c2ccccc2C1=O. The summed E-state index contributed by atoms with van der Waals surface area (Å²) < 4.78 is 1.68. The molecule has 0 aliphatic heterocycles. The number of phenols is 1. The second-order valence-electron chi connectivity index (χ2n) is 4.75. The predicted octanol–water partition coefficient (Wildman–Crippen LogP) is 2.07. The molecule has 0 unspecified atom stereocenters. The van der Waals surface area contributed by atoms with E-state index in [2.05, 4.69) is 0 Å². The van der Waals surface area contributed by atoms with E-state index in [9.17, 15) is 14.7 Å². The van der Waals surface area contributed by atoms with Crippen molar-refractivity contribution in [1.82, 2.24) is 0 Å². The Morgan fingerprint density at radius 2 is 1.43 bits per heavy atom. The van der Waals surface area contributed by atoms with Crippen LogP contribution >= 0.6 is 0 Å². The van der Waals surface area contributed by atoms with Crippen LogP contribution in [0.1, 0.15) is 27.6 Å². The number of benzene rings is 2. The Labute approximate surface area is 132 Å². The Morgan fingerprint density at radius 1 is 0.857 bits per heavy atom. The van der Waals surface area contributed by atoms with Crippen molar-refractivity contribution >= 4 is 36.1 Å². The Balaban J connectivity index is 2.02. The first-order chi connectivity index (χ1) is 10.1. The second kappa shape index (κ2) is 5.48. The molecule has 4 heteroatoms.